The van der Waals surface area contributed by atoms with E-state index in [1.165, 1.54) is 29.2 Å². The van der Waals surface area contributed by atoms with Crippen LogP contribution in [0.1, 0.15) is 40.1 Å². The van der Waals surface area contributed by atoms with E-state index < -0.39 is 27.9 Å². The van der Waals surface area contributed by atoms with Gasteiger partial charge in [0.2, 0.25) is 0 Å². The number of ether oxygens (including phenoxy) is 1. The number of anilines is 3. The average Bonchev–Trinajstić information content (AvgIpc) is 3.04. The van der Waals surface area contributed by atoms with Gasteiger partial charge in [-0.25, -0.2) is 12.8 Å². The summed E-state index contributed by atoms with van der Waals surface area (Å²) in [5.74, 6) is -0.447. The van der Waals surface area contributed by atoms with Gasteiger partial charge in [0, 0.05) is 23.5 Å². The van der Waals surface area contributed by atoms with Gasteiger partial charge in [-0.2, -0.15) is 0 Å². The molecular formula is C36H31ClFN3O4S. The van der Waals surface area contributed by atoms with Crippen molar-refractivity contribution in [1.82, 2.24) is 0 Å². The predicted octanol–water partition coefficient (Wildman–Crippen LogP) is 8.35. The summed E-state index contributed by atoms with van der Waals surface area (Å²) < 4.78 is 51.0. The number of amides is 1. The Balaban J connectivity index is 1.51. The summed E-state index contributed by atoms with van der Waals surface area (Å²) in [6, 6.07) is 32.3. The molecule has 0 radical (unpaired) electrons. The van der Waals surface area contributed by atoms with E-state index in [1.54, 1.807) is 48.5 Å². The minimum atomic E-state index is -4.10. The van der Waals surface area contributed by atoms with Crippen molar-refractivity contribution in [2.45, 2.75) is 31.5 Å². The van der Waals surface area contributed by atoms with Gasteiger partial charge in [-0.1, -0.05) is 65.7 Å². The van der Waals surface area contributed by atoms with Crippen molar-refractivity contribution in [3.63, 3.8) is 0 Å². The van der Waals surface area contributed by atoms with Crippen LogP contribution >= 0.6 is 11.6 Å². The number of carbonyl (C=O) groups excluding carboxylic acids is 1. The van der Waals surface area contributed by atoms with Crippen molar-refractivity contribution < 1.29 is 22.3 Å². The number of halogens is 2. The van der Waals surface area contributed by atoms with Crippen LogP contribution in [0.5, 0.6) is 5.75 Å². The maximum absolute atomic E-state index is 15.8. The van der Waals surface area contributed by atoms with Crippen molar-refractivity contribution in [2.75, 3.05) is 21.1 Å². The molecule has 1 atom stereocenters. The maximum Gasteiger partial charge on any atom is 0.262 e. The molecule has 1 heterocycles. The zero-order valence-corrected chi connectivity index (χ0v) is 26.7. The van der Waals surface area contributed by atoms with Crippen molar-refractivity contribution >= 4 is 44.6 Å². The SMILES string of the molecule is CCOc1ccc(NS(=O)(=O)c2ccc3c(c2)C(=O)N(c2ccc(C)cc2)[C@H](c2c(F)cccc2Cl)N3Cc2ccccc2)cc1. The lowest BCUT2D eigenvalue weighted by atomic mass is 9.98. The topological polar surface area (TPSA) is 78.9 Å². The minimum Gasteiger partial charge on any atom is -0.494 e. The monoisotopic (exact) mass is 655 g/mol. The summed E-state index contributed by atoms with van der Waals surface area (Å²) in [4.78, 5) is 17.8. The number of nitrogens with zero attached hydrogens (tertiary/aromatic N) is 2. The molecule has 1 aliphatic heterocycles. The summed E-state index contributed by atoms with van der Waals surface area (Å²) in [6.45, 7) is 4.55. The third kappa shape index (κ3) is 6.16. The van der Waals surface area contributed by atoms with Gasteiger partial charge < -0.3 is 9.64 Å². The number of rotatable bonds is 9. The molecule has 0 saturated heterocycles. The van der Waals surface area contributed by atoms with Crippen LogP contribution in [0, 0.1) is 12.7 Å². The number of hydrogen-bond acceptors (Lipinski definition) is 5. The first kappa shape index (κ1) is 31.1. The van der Waals surface area contributed by atoms with Crippen LogP contribution in [0.15, 0.2) is 120 Å². The minimum absolute atomic E-state index is 0.0978. The molecule has 0 bridgehead atoms. The first-order valence-electron chi connectivity index (χ1n) is 14.7. The molecule has 5 aromatic carbocycles. The molecule has 0 aromatic heterocycles. The van der Waals surface area contributed by atoms with Gasteiger partial charge >= 0.3 is 0 Å². The zero-order chi connectivity index (χ0) is 32.4. The molecule has 10 heteroatoms. The first-order valence-corrected chi connectivity index (χ1v) is 16.6. The molecule has 7 nitrogen and oxygen atoms in total. The third-order valence-electron chi connectivity index (χ3n) is 7.76. The highest BCUT2D eigenvalue weighted by atomic mass is 35.5. The molecule has 1 aliphatic rings. The Morgan fingerprint density at radius 3 is 2.28 bits per heavy atom. The molecule has 0 unspecified atom stereocenters. The fraction of sp³-hybridized carbons (Fsp3) is 0.139. The van der Waals surface area contributed by atoms with Crippen LogP contribution < -0.4 is 19.3 Å². The van der Waals surface area contributed by atoms with Crippen molar-refractivity contribution in [2.24, 2.45) is 0 Å². The highest BCUT2D eigenvalue weighted by Crippen LogP contribution is 2.45. The third-order valence-corrected chi connectivity index (χ3v) is 9.47. The highest BCUT2D eigenvalue weighted by Gasteiger charge is 2.42. The highest BCUT2D eigenvalue weighted by molar-refractivity contribution is 7.92. The number of sulfonamides is 1. The molecule has 46 heavy (non-hydrogen) atoms. The Morgan fingerprint density at radius 1 is 0.891 bits per heavy atom. The molecule has 6 rings (SSSR count). The second-order valence-electron chi connectivity index (χ2n) is 10.9. The summed E-state index contributed by atoms with van der Waals surface area (Å²) in [6.07, 6.45) is -0.985. The lowest BCUT2D eigenvalue weighted by Crippen LogP contribution is -2.50. The standard InChI is InChI=1S/C36H31ClFN3O4S/c1-3-45-28-18-14-26(15-19-28)39-46(43,44)29-20-21-33-30(22-29)36(42)41(27-16-12-24(2)13-17-27)35(34-31(37)10-7-11-32(34)38)40(33)23-25-8-5-4-6-9-25/h4-22,35,39H,3,23H2,1-2H3/t35-/m1/s1. The van der Waals surface area contributed by atoms with E-state index in [0.29, 0.717) is 29.4 Å². The summed E-state index contributed by atoms with van der Waals surface area (Å²) in [7, 11) is -4.10. The van der Waals surface area contributed by atoms with Gasteiger partial charge in [0.05, 0.1) is 27.8 Å². The van der Waals surface area contributed by atoms with E-state index in [9.17, 15) is 13.2 Å². The molecule has 234 valence electrons. The molecular weight excluding hydrogens is 625 g/mol. The van der Waals surface area contributed by atoms with Crippen LogP contribution in [0.3, 0.4) is 0 Å². The van der Waals surface area contributed by atoms with Crippen LogP contribution in [-0.4, -0.2) is 20.9 Å². The lowest BCUT2D eigenvalue weighted by Gasteiger charge is -2.46. The fourth-order valence-corrected chi connectivity index (χ4v) is 6.92. The summed E-state index contributed by atoms with van der Waals surface area (Å²) in [5, 5.41) is 0.162. The molecule has 0 spiro atoms. The quantitative estimate of drug-likeness (QED) is 0.173. The van der Waals surface area contributed by atoms with Crippen LogP contribution in [0.2, 0.25) is 5.02 Å². The van der Waals surface area contributed by atoms with Gasteiger partial charge in [0.15, 0.2) is 0 Å². The van der Waals surface area contributed by atoms with Crippen molar-refractivity contribution in [1.29, 1.82) is 0 Å². The van der Waals surface area contributed by atoms with E-state index in [0.717, 1.165) is 11.1 Å². The molecule has 0 aliphatic carbocycles. The Morgan fingerprint density at radius 2 is 1.61 bits per heavy atom. The van der Waals surface area contributed by atoms with E-state index in [4.69, 9.17) is 16.3 Å². The van der Waals surface area contributed by atoms with Gasteiger partial charge in [0.25, 0.3) is 15.9 Å². The van der Waals surface area contributed by atoms with Gasteiger partial charge in [-0.3, -0.25) is 14.4 Å². The Hall–Kier alpha value is -4.86. The van der Waals surface area contributed by atoms with E-state index in [1.807, 2.05) is 61.2 Å². The van der Waals surface area contributed by atoms with Crippen LogP contribution in [-0.2, 0) is 16.6 Å². The lowest BCUT2D eigenvalue weighted by molar-refractivity contribution is 0.0967. The zero-order valence-electron chi connectivity index (χ0n) is 25.2. The summed E-state index contributed by atoms with van der Waals surface area (Å²) >= 11 is 6.67. The number of fused-ring (bicyclic) bond motifs is 1. The number of hydrogen-bond donors (Lipinski definition) is 1. The molecule has 0 saturated carbocycles. The van der Waals surface area contributed by atoms with Gasteiger partial charge in [0.1, 0.15) is 17.7 Å². The number of carbonyl (C=O) groups is 1. The van der Waals surface area contributed by atoms with Gasteiger partial charge in [-0.05, 0) is 86.1 Å². The fourth-order valence-electron chi connectivity index (χ4n) is 5.57. The number of benzene rings is 5. The Bertz CT molecular complexity index is 1970. The van der Waals surface area contributed by atoms with E-state index in [2.05, 4.69) is 4.72 Å². The van der Waals surface area contributed by atoms with Crippen molar-refractivity contribution in [3.05, 3.63) is 148 Å². The van der Waals surface area contributed by atoms with E-state index >= 15 is 4.39 Å². The van der Waals surface area contributed by atoms with Gasteiger partial charge in [-0.15, -0.1) is 0 Å². The van der Waals surface area contributed by atoms with Crippen LogP contribution in [0.25, 0.3) is 0 Å². The Labute approximate surface area is 272 Å². The normalized spacial score (nSPS) is 14.6. The van der Waals surface area contributed by atoms with Crippen molar-refractivity contribution in [3.8, 4) is 5.75 Å². The second-order valence-corrected chi connectivity index (χ2v) is 13.0. The molecule has 0 fully saturated rings. The second kappa shape index (κ2) is 12.9. The largest absolute Gasteiger partial charge is 0.494 e. The molecule has 1 N–H and O–H groups in total. The number of aryl methyl sites for hydroxylation is 1. The van der Waals surface area contributed by atoms with Crippen LogP contribution in [0.4, 0.5) is 21.5 Å². The summed E-state index contributed by atoms with van der Waals surface area (Å²) in [5.41, 5.74) is 3.45. The predicted molar refractivity (Wildman–Crippen MR) is 180 cm³/mol. The number of nitrogens with one attached hydrogen (secondary N) is 1. The maximum atomic E-state index is 15.8. The smallest absolute Gasteiger partial charge is 0.262 e. The average molecular weight is 656 g/mol. The van der Waals surface area contributed by atoms with E-state index in [-0.39, 0.29) is 27.6 Å². The first-order chi connectivity index (χ1) is 22.2. The molecule has 5 aromatic rings. The molecule has 1 amide bonds. The Kier molecular flexibility index (Phi) is 8.71.